The van der Waals surface area contributed by atoms with Gasteiger partial charge in [0.1, 0.15) is 12.4 Å². The second-order valence-electron chi connectivity index (χ2n) is 5.61. The standard InChI is InChI=1S/C18H17FN2O3/c19-14-8-6-13(7-9-14)17-15(10-16(22)21-17)20-18(23)24-11-12-4-2-1-3-5-12/h1-9,15,17H,10-11H2,(H,20,23)(H,21,22)/t15-,17+/m1/s1. The maximum absolute atomic E-state index is 13.0. The zero-order valence-electron chi connectivity index (χ0n) is 12.9. The van der Waals surface area contributed by atoms with E-state index in [9.17, 15) is 14.0 Å². The van der Waals surface area contributed by atoms with Crippen LogP contribution < -0.4 is 10.6 Å². The molecule has 0 radical (unpaired) electrons. The Hall–Kier alpha value is -2.89. The summed E-state index contributed by atoms with van der Waals surface area (Å²) in [5.41, 5.74) is 1.61. The summed E-state index contributed by atoms with van der Waals surface area (Å²) in [6.45, 7) is 0.155. The number of benzene rings is 2. The number of halogens is 1. The zero-order chi connectivity index (χ0) is 16.9. The fraction of sp³-hybridized carbons (Fsp3) is 0.222. The van der Waals surface area contributed by atoms with Crippen molar-refractivity contribution in [2.24, 2.45) is 0 Å². The molecule has 124 valence electrons. The predicted molar refractivity (Wildman–Crippen MR) is 85.5 cm³/mol. The highest BCUT2D eigenvalue weighted by Gasteiger charge is 2.34. The summed E-state index contributed by atoms with van der Waals surface area (Å²) in [6.07, 6.45) is -0.435. The van der Waals surface area contributed by atoms with Gasteiger partial charge in [-0.3, -0.25) is 4.79 Å². The van der Waals surface area contributed by atoms with E-state index in [1.165, 1.54) is 12.1 Å². The number of amides is 2. The maximum Gasteiger partial charge on any atom is 0.407 e. The van der Waals surface area contributed by atoms with E-state index in [-0.39, 0.29) is 24.8 Å². The Kier molecular flexibility index (Phi) is 4.74. The molecule has 0 aliphatic carbocycles. The van der Waals surface area contributed by atoms with Gasteiger partial charge in [-0.2, -0.15) is 0 Å². The minimum atomic E-state index is -0.590. The highest BCUT2D eigenvalue weighted by Crippen LogP contribution is 2.24. The second kappa shape index (κ2) is 7.12. The lowest BCUT2D eigenvalue weighted by atomic mass is 10.0. The molecule has 1 aliphatic rings. The molecule has 5 nitrogen and oxygen atoms in total. The van der Waals surface area contributed by atoms with Crippen LogP contribution in [0.3, 0.4) is 0 Å². The molecule has 0 bridgehead atoms. The van der Waals surface area contributed by atoms with E-state index in [0.29, 0.717) is 0 Å². The minimum absolute atomic E-state index is 0.155. The van der Waals surface area contributed by atoms with Gasteiger partial charge in [0.15, 0.2) is 0 Å². The quantitative estimate of drug-likeness (QED) is 0.907. The fourth-order valence-corrected chi connectivity index (χ4v) is 2.69. The largest absolute Gasteiger partial charge is 0.445 e. The minimum Gasteiger partial charge on any atom is -0.445 e. The van der Waals surface area contributed by atoms with E-state index >= 15 is 0 Å². The van der Waals surface area contributed by atoms with Crippen molar-refractivity contribution in [2.45, 2.75) is 25.1 Å². The van der Waals surface area contributed by atoms with Gasteiger partial charge in [-0.05, 0) is 23.3 Å². The third kappa shape index (κ3) is 3.90. The molecule has 1 saturated heterocycles. The number of hydrogen-bond donors (Lipinski definition) is 2. The molecule has 0 spiro atoms. The number of carbonyl (C=O) groups excluding carboxylic acids is 2. The lowest BCUT2D eigenvalue weighted by Gasteiger charge is -2.20. The summed E-state index contributed by atoms with van der Waals surface area (Å²) >= 11 is 0. The first-order valence-electron chi connectivity index (χ1n) is 7.64. The molecule has 1 heterocycles. The van der Waals surface area contributed by atoms with Gasteiger partial charge in [-0.15, -0.1) is 0 Å². The number of rotatable bonds is 4. The summed E-state index contributed by atoms with van der Waals surface area (Å²) in [6, 6.07) is 14.3. The van der Waals surface area contributed by atoms with Crippen LogP contribution in [-0.4, -0.2) is 18.0 Å². The monoisotopic (exact) mass is 328 g/mol. The second-order valence-corrected chi connectivity index (χ2v) is 5.61. The average molecular weight is 328 g/mol. The number of nitrogens with one attached hydrogen (secondary N) is 2. The third-order valence-electron chi connectivity index (χ3n) is 3.87. The van der Waals surface area contributed by atoms with Crippen LogP contribution in [0.15, 0.2) is 54.6 Å². The van der Waals surface area contributed by atoms with Crippen LogP contribution in [0.2, 0.25) is 0 Å². The summed E-state index contributed by atoms with van der Waals surface area (Å²) in [5, 5.41) is 5.49. The number of carbonyl (C=O) groups is 2. The Morgan fingerprint density at radius 2 is 1.88 bits per heavy atom. The summed E-state index contributed by atoms with van der Waals surface area (Å²) < 4.78 is 18.2. The Morgan fingerprint density at radius 1 is 1.17 bits per heavy atom. The fourth-order valence-electron chi connectivity index (χ4n) is 2.69. The number of hydrogen-bond acceptors (Lipinski definition) is 3. The van der Waals surface area contributed by atoms with Crippen LogP contribution in [0.4, 0.5) is 9.18 Å². The molecular weight excluding hydrogens is 311 g/mol. The topological polar surface area (TPSA) is 67.4 Å². The van der Waals surface area contributed by atoms with Gasteiger partial charge < -0.3 is 15.4 Å². The van der Waals surface area contributed by atoms with Crippen molar-refractivity contribution in [3.05, 3.63) is 71.5 Å². The van der Waals surface area contributed by atoms with Crippen LogP contribution in [0, 0.1) is 5.82 Å². The summed E-state index contributed by atoms with van der Waals surface area (Å²) in [7, 11) is 0. The first-order valence-corrected chi connectivity index (χ1v) is 7.64. The molecule has 1 fully saturated rings. The van der Waals surface area contributed by atoms with Gasteiger partial charge in [0, 0.05) is 6.42 Å². The average Bonchev–Trinajstić information content (AvgIpc) is 2.95. The normalized spacial score (nSPS) is 19.6. The highest BCUT2D eigenvalue weighted by atomic mass is 19.1. The zero-order valence-corrected chi connectivity index (χ0v) is 12.9. The number of ether oxygens (including phenoxy) is 1. The summed E-state index contributed by atoms with van der Waals surface area (Å²) in [5.74, 6) is -0.521. The van der Waals surface area contributed by atoms with Gasteiger partial charge >= 0.3 is 6.09 Å². The molecule has 2 aromatic carbocycles. The lowest BCUT2D eigenvalue weighted by Crippen LogP contribution is -2.38. The van der Waals surface area contributed by atoms with E-state index in [1.54, 1.807) is 12.1 Å². The first-order chi connectivity index (χ1) is 11.6. The van der Waals surface area contributed by atoms with E-state index in [2.05, 4.69) is 10.6 Å². The molecule has 2 N–H and O–H groups in total. The van der Waals surface area contributed by atoms with E-state index in [0.717, 1.165) is 11.1 Å². The van der Waals surface area contributed by atoms with Crippen molar-refractivity contribution in [3.63, 3.8) is 0 Å². The predicted octanol–water partition coefficient (Wildman–Crippen LogP) is 2.68. The third-order valence-corrected chi connectivity index (χ3v) is 3.87. The van der Waals surface area contributed by atoms with Crippen LogP contribution in [-0.2, 0) is 16.1 Å². The molecule has 1 aliphatic heterocycles. The highest BCUT2D eigenvalue weighted by molar-refractivity contribution is 5.81. The molecule has 0 unspecified atom stereocenters. The van der Waals surface area contributed by atoms with Crippen molar-refractivity contribution in [3.8, 4) is 0 Å². The summed E-state index contributed by atoms with van der Waals surface area (Å²) in [4.78, 5) is 23.7. The molecule has 2 aromatic rings. The van der Waals surface area contributed by atoms with Crippen molar-refractivity contribution in [1.82, 2.24) is 10.6 Å². The molecule has 0 saturated carbocycles. The van der Waals surface area contributed by atoms with E-state index in [4.69, 9.17) is 4.74 Å². The Labute approximate surface area is 138 Å². The van der Waals surface area contributed by atoms with E-state index in [1.807, 2.05) is 30.3 Å². The van der Waals surface area contributed by atoms with Crippen molar-refractivity contribution in [1.29, 1.82) is 0 Å². The van der Waals surface area contributed by atoms with Gasteiger partial charge in [-0.1, -0.05) is 42.5 Å². The molecule has 2 atom stereocenters. The Bertz CT molecular complexity index is 719. The molecule has 24 heavy (non-hydrogen) atoms. The molecule has 3 rings (SSSR count). The first kappa shape index (κ1) is 16.0. The van der Waals surface area contributed by atoms with Gasteiger partial charge in [0.25, 0.3) is 0 Å². The smallest absolute Gasteiger partial charge is 0.407 e. The number of alkyl carbamates (subject to hydrolysis) is 1. The van der Waals surface area contributed by atoms with Crippen molar-refractivity contribution in [2.75, 3.05) is 0 Å². The van der Waals surface area contributed by atoms with Crippen LogP contribution >= 0.6 is 0 Å². The van der Waals surface area contributed by atoms with Crippen molar-refractivity contribution < 1.29 is 18.7 Å². The Morgan fingerprint density at radius 3 is 2.58 bits per heavy atom. The van der Waals surface area contributed by atoms with E-state index < -0.39 is 18.2 Å². The molecule has 6 heteroatoms. The van der Waals surface area contributed by atoms with Crippen LogP contribution in [0.1, 0.15) is 23.6 Å². The van der Waals surface area contributed by atoms with Gasteiger partial charge in [0.05, 0.1) is 12.1 Å². The van der Waals surface area contributed by atoms with Crippen LogP contribution in [0.5, 0.6) is 0 Å². The maximum atomic E-state index is 13.0. The van der Waals surface area contributed by atoms with Crippen LogP contribution in [0.25, 0.3) is 0 Å². The van der Waals surface area contributed by atoms with Gasteiger partial charge in [0.2, 0.25) is 5.91 Å². The molecule has 2 amide bonds. The SMILES string of the molecule is O=C1C[C@@H](NC(=O)OCc2ccccc2)[C@H](c2ccc(F)cc2)N1. The molecular formula is C18H17FN2O3. The molecule has 0 aromatic heterocycles. The van der Waals surface area contributed by atoms with Crippen molar-refractivity contribution >= 4 is 12.0 Å². The van der Waals surface area contributed by atoms with Gasteiger partial charge in [-0.25, -0.2) is 9.18 Å². The Balaban J connectivity index is 1.60. The lowest BCUT2D eigenvalue weighted by molar-refractivity contribution is -0.119.